The maximum Gasteiger partial charge on any atom is 0.230 e. The minimum Gasteiger partial charge on any atom is -0.355 e. The van der Waals surface area contributed by atoms with E-state index in [0.29, 0.717) is 20.6 Å². The number of rotatable bonds is 6. The zero-order valence-corrected chi connectivity index (χ0v) is 14.8. The van der Waals surface area contributed by atoms with Gasteiger partial charge in [-0.25, -0.2) is 4.68 Å². The van der Waals surface area contributed by atoms with Gasteiger partial charge in [-0.3, -0.25) is 4.79 Å². The predicted molar refractivity (Wildman–Crippen MR) is 93.7 cm³/mol. The quantitative estimate of drug-likeness (QED) is 0.617. The third-order valence-electron chi connectivity index (χ3n) is 3.21. The molecule has 1 fully saturated rings. The Balaban J connectivity index is 1.60. The van der Waals surface area contributed by atoms with Gasteiger partial charge in [0.15, 0.2) is 8.29 Å². The fraction of sp³-hybridized carbons (Fsp3) is 0.357. The van der Waals surface area contributed by atoms with Crippen molar-refractivity contribution < 1.29 is 4.79 Å². The molecule has 1 aromatic heterocycles. The zero-order valence-electron chi connectivity index (χ0n) is 11.6. The first-order valence-corrected chi connectivity index (χ1v) is 9.46. The van der Waals surface area contributed by atoms with E-state index < -0.39 is 0 Å². The number of carbonyl (C=O) groups excluding carboxylic acids is 1. The van der Waals surface area contributed by atoms with Gasteiger partial charge >= 0.3 is 0 Å². The van der Waals surface area contributed by atoms with Crippen molar-refractivity contribution in [2.75, 3.05) is 12.3 Å². The van der Waals surface area contributed by atoms with Gasteiger partial charge in [-0.05, 0) is 55.2 Å². The standard InChI is InChI=1S/C14H14ClN3OS3/c15-10-3-5-11(6-4-10)18-14(20)22-13(17-18)21-8-12(19)16-7-9-1-2-9/h3-6,9H,1-2,7-8H2,(H,16,19). The SMILES string of the molecule is O=C(CSc1nn(-c2ccc(Cl)cc2)c(=S)s1)NCC1CC1. The summed E-state index contributed by atoms with van der Waals surface area (Å²) < 4.78 is 3.14. The summed E-state index contributed by atoms with van der Waals surface area (Å²) in [6, 6.07) is 7.34. The number of amides is 1. The number of carbonyl (C=O) groups is 1. The topological polar surface area (TPSA) is 46.9 Å². The van der Waals surface area contributed by atoms with Crippen LogP contribution in [-0.2, 0) is 4.79 Å². The molecule has 0 bridgehead atoms. The minimum absolute atomic E-state index is 0.0519. The molecule has 2 aromatic rings. The highest BCUT2D eigenvalue weighted by atomic mass is 35.5. The second-order valence-electron chi connectivity index (χ2n) is 5.06. The van der Waals surface area contributed by atoms with E-state index >= 15 is 0 Å². The lowest BCUT2D eigenvalue weighted by Crippen LogP contribution is -2.27. The number of benzene rings is 1. The first kappa shape index (κ1) is 16.0. The van der Waals surface area contributed by atoms with Gasteiger partial charge < -0.3 is 5.32 Å². The second kappa shape index (κ2) is 7.12. The van der Waals surface area contributed by atoms with Crippen LogP contribution in [-0.4, -0.2) is 28.0 Å². The number of halogens is 1. The predicted octanol–water partition coefficient (Wildman–Crippen LogP) is 3.93. The molecule has 0 saturated heterocycles. The van der Waals surface area contributed by atoms with Gasteiger partial charge in [0, 0.05) is 11.6 Å². The molecule has 1 aliphatic rings. The van der Waals surface area contributed by atoms with Crippen molar-refractivity contribution in [1.82, 2.24) is 15.1 Å². The molecule has 1 amide bonds. The lowest BCUT2D eigenvalue weighted by molar-refractivity contribution is -0.118. The van der Waals surface area contributed by atoms with Crippen molar-refractivity contribution in [3.8, 4) is 5.69 Å². The Morgan fingerprint density at radius 1 is 1.45 bits per heavy atom. The molecule has 0 radical (unpaired) electrons. The van der Waals surface area contributed by atoms with Crippen LogP contribution < -0.4 is 5.32 Å². The van der Waals surface area contributed by atoms with E-state index in [9.17, 15) is 4.79 Å². The highest BCUT2D eigenvalue weighted by Crippen LogP contribution is 2.28. The molecule has 0 unspecified atom stereocenters. The maximum absolute atomic E-state index is 11.7. The Morgan fingerprint density at radius 3 is 2.86 bits per heavy atom. The van der Waals surface area contributed by atoms with Gasteiger partial charge in [-0.1, -0.05) is 34.7 Å². The third-order valence-corrected chi connectivity index (χ3v) is 5.83. The molecule has 0 spiro atoms. The molecule has 1 aliphatic carbocycles. The van der Waals surface area contributed by atoms with E-state index in [-0.39, 0.29) is 5.91 Å². The number of nitrogens with one attached hydrogen (secondary N) is 1. The minimum atomic E-state index is 0.0519. The van der Waals surface area contributed by atoms with Gasteiger partial charge in [-0.2, -0.15) is 0 Å². The van der Waals surface area contributed by atoms with Gasteiger partial charge in [-0.15, -0.1) is 5.10 Å². The molecule has 1 N–H and O–H groups in total. The summed E-state index contributed by atoms with van der Waals surface area (Å²) in [5, 5.41) is 8.08. The van der Waals surface area contributed by atoms with E-state index in [4.69, 9.17) is 23.8 Å². The smallest absolute Gasteiger partial charge is 0.230 e. The Bertz CT molecular complexity index is 722. The van der Waals surface area contributed by atoms with Crippen LogP contribution in [0.4, 0.5) is 0 Å². The summed E-state index contributed by atoms with van der Waals surface area (Å²) in [6.45, 7) is 0.800. The third kappa shape index (κ3) is 4.32. The molecule has 1 aromatic carbocycles. The molecule has 0 aliphatic heterocycles. The largest absolute Gasteiger partial charge is 0.355 e. The fourth-order valence-electron chi connectivity index (χ4n) is 1.82. The highest BCUT2D eigenvalue weighted by molar-refractivity contribution is 8.01. The maximum atomic E-state index is 11.7. The second-order valence-corrected chi connectivity index (χ2v) is 8.34. The summed E-state index contributed by atoms with van der Waals surface area (Å²) in [7, 11) is 0. The van der Waals surface area contributed by atoms with Gasteiger partial charge in [0.25, 0.3) is 0 Å². The van der Waals surface area contributed by atoms with Crippen molar-refractivity contribution in [3.63, 3.8) is 0 Å². The van der Waals surface area contributed by atoms with E-state index in [1.54, 1.807) is 16.8 Å². The number of aromatic nitrogens is 2. The van der Waals surface area contributed by atoms with E-state index in [1.807, 2.05) is 12.1 Å². The normalized spacial score (nSPS) is 14.0. The molecule has 1 saturated carbocycles. The Kier molecular flexibility index (Phi) is 5.18. The lowest BCUT2D eigenvalue weighted by Gasteiger charge is -2.02. The van der Waals surface area contributed by atoms with Gasteiger partial charge in [0.2, 0.25) is 5.91 Å². The number of hydrogen-bond acceptors (Lipinski definition) is 5. The average molecular weight is 372 g/mol. The highest BCUT2D eigenvalue weighted by Gasteiger charge is 2.21. The van der Waals surface area contributed by atoms with Crippen molar-refractivity contribution in [2.24, 2.45) is 5.92 Å². The molecule has 22 heavy (non-hydrogen) atoms. The molecule has 4 nitrogen and oxygen atoms in total. The fourth-order valence-corrected chi connectivity index (χ4v) is 4.14. The average Bonchev–Trinajstić information content (AvgIpc) is 3.26. The van der Waals surface area contributed by atoms with Crippen LogP contribution in [0.3, 0.4) is 0 Å². The summed E-state index contributed by atoms with van der Waals surface area (Å²) in [5.74, 6) is 1.12. The van der Waals surface area contributed by atoms with Crippen LogP contribution in [0.25, 0.3) is 5.69 Å². The Hall–Kier alpha value is -0.890. The molecule has 1 heterocycles. The number of hydrogen-bond donors (Lipinski definition) is 1. The van der Waals surface area contributed by atoms with Crippen LogP contribution in [0.15, 0.2) is 28.6 Å². The molecule has 8 heteroatoms. The van der Waals surface area contributed by atoms with Crippen molar-refractivity contribution in [1.29, 1.82) is 0 Å². The van der Waals surface area contributed by atoms with E-state index in [0.717, 1.165) is 16.6 Å². The van der Waals surface area contributed by atoms with Crippen molar-refractivity contribution in [3.05, 3.63) is 33.2 Å². The summed E-state index contributed by atoms with van der Waals surface area (Å²) >= 11 is 14.0. The van der Waals surface area contributed by atoms with Crippen LogP contribution in [0.5, 0.6) is 0 Å². The Labute approximate surface area is 146 Å². The Morgan fingerprint density at radius 2 is 2.18 bits per heavy atom. The molecular weight excluding hydrogens is 358 g/mol. The van der Waals surface area contributed by atoms with Gasteiger partial charge in [0.1, 0.15) is 0 Å². The summed E-state index contributed by atoms with van der Waals surface area (Å²) in [6.07, 6.45) is 2.47. The monoisotopic (exact) mass is 371 g/mol. The van der Waals surface area contributed by atoms with E-state index in [1.165, 1.54) is 35.9 Å². The lowest BCUT2D eigenvalue weighted by atomic mass is 10.3. The van der Waals surface area contributed by atoms with Crippen molar-refractivity contribution in [2.45, 2.75) is 17.2 Å². The van der Waals surface area contributed by atoms with E-state index in [2.05, 4.69) is 10.4 Å². The molecule has 116 valence electrons. The summed E-state index contributed by atoms with van der Waals surface area (Å²) in [4.78, 5) is 11.7. The number of thioether (sulfide) groups is 1. The summed E-state index contributed by atoms with van der Waals surface area (Å²) in [5.41, 5.74) is 0.871. The van der Waals surface area contributed by atoms with Crippen LogP contribution >= 0.6 is 46.9 Å². The van der Waals surface area contributed by atoms with Crippen LogP contribution in [0.1, 0.15) is 12.8 Å². The number of nitrogens with zero attached hydrogens (tertiary/aromatic N) is 2. The van der Waals surface area contributed by atoms with Crippen molar-refractivity contribution >= 4 is 52.8 Å². The van der Waals surface area contributed by atoms with Crippen LogP contribution in [0.2, 0.25) is 5.02 Å². The first-order valence-electron chi connectivity index (χ1n) is 6.87. The van der Waals surface area contributed by atoms with Crippen LogP contribution in [0, 0.1) is 9.87 Å². The van der Waals surface area contributed by atoms with Gasteiger partial charge in [0.05, 0.1) is 11.4 Å². The molecule has 0 atom stereocenters. The molecular formula is C14H14ClN3OS3. The molecule has 3 rings (SSSR count). The zero-order chi connectivity index (χ0) is 15.5. The first-order chi connectivity index (χ1) is 10.6.